The minimum Gasteiger partial charge on any atom is -0.369 e. The van der Waals surface area contributed by atoms with Gasteiger partial charge >= 0.3 is 0 Å². The number of amides is 2. The van der Waals surface area contributed by atoms with E-state index in [0.717, 1.165) is 35.0 Å². The lowest BCUT2D eigenvalue weighted by Gasteiger charge is -2.37. The third-order valence-electron chi connectivity index (χ3n) is 5.01. The van der Waals surface area contributed by atoms with Gasteiger partial charge in [0.15, 0.2) is 0 Å². The molecular weight excluding hydrogens is 309 g/mol. The van der Waals surface area contributed by atoms with Crippen LogP contribution in [0.1, 0.15) is 31.0 Å². The standard InChI is InChI=1S/C18H22FN3O2/c1-10-3-4-12(18(20)24)9-22(10)17(23)8-14-11(2)21-16-6-5-13(19)7-15(14)16/h5-7,10,12,21H,3-4,8-9H2,1-2H3,(H2,20,24)/t10-,12-/m0/s1. The Morgan fingerprint density at radius 2 is 2.12 bits per heavy atom. The van der Waals surface area contributed by atoms with Crippen LogP contribution in [0.2, 0.25) is 0 Å². The number of benzene rings is 1. The zero-order valence-corrected chi connectivity index (χ0v) is 13.9. The fraction of sp³-hybridized carbons (Fsp3) is 0.444. The summed E-state index contributed by atoms with van der Waals surface area (Å²) in [5.41, 5.74) is 7.89. The number of H-pyrrole nitrogens is 1. The zero-order valence-electron chi connectivity index (χ0n) is 13.9. The van der Waals surface area contributed by atoms with Gasteiger partial charge in [-0.15, -0.1) is 0 Å². The maximum Gasteiger partial charge on any atom is 0.227 e. The molecule has 5 nitrogen and oxygen atoms in total. The summed E-state index contributed by atoms with van der Waals surface area (Å²) >= 11 is 0. The van der Waals surface area contributed by atoms with Crippen LogP contribution < -0.4 is 5.73 Å². The molecule has 0 saturated carbocycles. The highest BCUT2D eigenvalue weighted by molar-refractivity contribution is 5.90. The van der Waals surface area contributed by atoms with E-state index in [2.05, 4.69) is 4.98 Å². The number of fused-ring (bicyclic) bond motifs is 1. The van der Waals surface area contributed by atoms with Crippen molar-refractivity contribution in [2.45, 2.75) is 39.2 Å². The number of hydrogen-bond acceptors (Lipinski definition) is 2. The van der Waals surface area contributed by atoms with E-state index in [9.17, 15) is 14.0 Å². The molecule has 6 heteroatoms. The third-order valence-corrected chi connectivity index (χ3v) is 5.01. The summed E-state index contributed by atoms with van der Waals surface area (Å²) in [5.74, 6) is -1.02. The number of nitrogens with two attached hydrogens (primary N) is 1. The Kier molecular flexibility index (Phi) is 4.30. The number of hydrogen-bond donors (Lipinski definition) is 2. The summed E-state index contributed by atoms with van der Waals surface area (Å²) in [6.45, 7) is 4.23. The number of carbonyl (C=O) groups is 2. The molecule has 3 rings (SSSR count). The molecule has 2 aromatic rings. The second kappa shape index (κ2) is 6.26. The first-order valence-electron chi connectivity index (χ1n) is 8.22. The highest BCUT2D eigenvalue weighted by Gasteiger charge is 2.32. The fourth-order valence-corrected chi connectivity index (χ4v) is 3.52. The monoisotopic (exact) mass is 331 g/mol. The normalized spacial score (nSPS) is 21.2. The number of nitrogens with one attached hydrogen (secondary N) is 1. The van der Waals surface area contributed by atoms with E-state index in [-0.39, 0.29) is 36.0 Å². The van der Waals surface area contributed by atoms with Crippen molar-refractivity contribution in [2.75, 3.05) is 6.54 Å². The van der Waals surface area contributed by atoms with E-state index in [4.69, 9.17) is 5.73 Å². The zero-order chi connectivity index (χ0) is 17.4. The van der Waals surface area contributed by atoms with Crippen molar-refractivity contribution in [1.82, 2.24) is 9.88 Å². The molecule has 0 spiro atoms. The molecule has 1 fully saturated rings. The average molecular weight is 331 g/mol. The number of likely N-dealkylation sites (tertiary alicyclic amines) is 1. The van der Waals surface area contributed by atoms with Gasteiger partial charge in [0.2, 0.25) is 11.8 Å². The molecule has 0 unspecified atom stereocenters. The van der Waals surface area contributed by atoms with Gasteiger partial charge in [0.1, 0.15) is 5.82 Å². The number of primary amides is 1. The van der Waals surface area contributed by atoms with Crippen LogP contribution >= 0.6 is 0 Å². The topological polar surface area (TPSA) is 79.2 Å². The van der Waals surface area contributed by atoms with Crippen molar-refractivity contribution >= 4 is 22.7 Å². The van der Waals surface area contributed by atoms with Crippen LogP contribution in [-0.4, -0.2) is 34.3 Å². The molecule has 128 valence electrons. The highest BCUT2D eigenvalue weighted by Crippen LogP contribution is 2.26. The number of aromatic amines is 1. The first-order valence-corrected chi connectivity index (χ1v) is 8.22. The Balaban J connectivity index is 1.85. The Morgan fingerprint density at radius 3 is 2.83 bits per heavy atom. The second-order valence-corrected chi connectivity index (χ2v) is 6.67. The van der Waals surface area contributed by atoms with E-state index in [1.54, 1.807) is 11.0 Å². The Hall–Kier alpha value is -2.37. The average Bonchev–Trinajstić information content (AvgIpc) is 2.83. The Bertz CT molecular complexity index is 799. The highest BCUT2D eigenvalue weighted by atomic mass is 19.1. The second-order valence-electron chi connectivity index (χ2n) is 6.67. The number of aryl methyl sites for hydroxylation is 1. The van der Waals surface area contributed by atoms with Crippen molar-refractivity contribution in [3.63, 3.8) is 0 Å². The number of aromatic nitrogens is 1. The van der Waals surface area contributed by atoms with Gasteiger partial charge in [0, 0.05) is 29.2 Å². The van der Waals surface area contributed by atoms with E-state index in [1.807, 2.05) is 13.8 Å². The first kappa shape index (κ1) is 16.5. The van der Waals surface area contributed by atoms with Crippen LogP contribution in [0.3, 0.4) is 0 Å². The van der Waals surface area contributed by atoms with E-state index in [0.29, 0.717) is 6.54 Å². The van der Waals surface area contributed by atoms with Gasteiger partial charge in [-0.2, -0.15) is 0 Å². The van der Waals surface area contributed by atoms with Gasteiger partial charge in [-0.05, 0) is 50.5 Å². The summed E-state index contributed by atoms with van der Waals surface area (Å²) in [6.07, 6.45) is 1.67. The minimum absolute atomic E-state index is 0.0540. The van der Waals surface area contributed by atoms with Gasteiger partial charge in [0.05, 0.1) is 12.3 Å². The SMILES string of the molecule is Cc1[nH]c2ccc(F)cc2c1CC(=O)N1C[C@@H](C(N)=O)CC[C@@H]1C. The molecule has 24 heavy (non-hydrogen) atoms. The summed E-state index contributed by atoms with van der Waals surface area (Å²) in [6, 6.07) is 4.61. The predicted octanol–water partition coefficient (Wildman–Crippen LogP) is 2.27. The fourth-order valence-electron chi connectivity index (χ4n) is 3.52. The third kappa shape index (κ3) is 3.00. The molecule has 2 heterocycles. The van der Waals surface area contributed by atoms with Crippen LogP contribution in [0.5, 0.6) is 0 Å². The molecule has 0 aliphatic carbocycles. The van der Waals surface area contributed by atoms with Gasteiger partial charge in [-0.25, -0.2) is 4.39 Å². The minimum atomic E-state index is -0.356. The molecule has 1 saturated heterocycles. The van der Waals surface area contributed by atoms with Crippen molar-refractivity contribution < 1.29 is 14.0 Å². The summed E-state index contributed by atoms with van der Waals surface area (Å²) < 4.78 is 13.6. The van der Waals surface area contributed by atoms with Gasteiger partial charge in [0.25, 0.3) is 0 Å². The lowest BCUT2D eigenvalue weighted by Crippen LogP contribution is -2.49. The Morgan fingerprint density at radius 1 is 1.38 bits per heavy atom. The number of nitrogens with zero attached hydrogens (tertiary/aromatic N) is 1. The molecule has 0 bridgehead atoms. The first-order chi connectivity index (χ1) is 11.4. The van der Waals surface area contributed by atoms with Crippen molar-refractivity contribution in [2.24, 2.45) is 11.7 Å². The van der Waals surface area contributed by atoms with Gasteiger partial charge < -0.3 is 15.6 Å². The molecule has 0 radical (unpaired) electrons. The lowest BCUT2D eigenvalue weighted by molar-refractivity contribution is -0.136. The maximum atomic E-state index is 13.6. The largest absolute Gasteiger partial charge is 0.369 e. The van der Waals surface area contributed by atoms with Crippen molar-refractivity contribution in [1.29, 1.82) is 0 Å². The maximum absolute atomic E-state index is 13.6. The molecular formula is C18H22FN3O2. The van der Waals surface area contributed by atoms with Crippen LogP contribution in [0.15, 0.2) is 18.2 Å². The number of rotatable bonds is 3. The van der Waals surface area contributed by atoms with Gasteiger partial charge in [-0.3, -0.25) is 9.59 Å². The summed E-state index contributed by atoms with van der Waals surface area (Å²) in [4.78, 5) is 29.2. The molecule has 2 atom stereocenters. The molecule has 1 aliphatic heterocycles. The lowest BCUT2D eigenvalue weighted by atomic mass is 9.92. The van der Waals surface area contributed by atoms with Crippen molar-refractivity contribution in [3.8, 4) is 0 Å². The van der Waals surface area contributed by atoms with Crippen LogP contribution in [-0.2, 0) is 16.0 Å². The van der Waals surface area contributed by atoms with Crippen molar-refractivity contribution in [3.05, 3.63) is 35.3 Å². The smallest absolute Gasteiger partial charge is 0.227 e. The number of piperidine rings is 1. The molecule has 3 N–H and O–H groups in total. The van der Waals surface area contributed by atoms with Crippen LogP contribution in [0.4, 0.5) is 4.39 Å². The van der Waals surface area contributed by atoms with E-state index in [1.165, 1.54) is 12.1 Å². The number of carbonyl (C=O) groups excluding carboxylic acids is 2. The molecule has 1 aromatic carbocycles. The summed E-state index contributed by atoms with van der Waals surface area (Å²) in [5, 5.41) is 0.733. The molecule has 2 amide bonds. The van der Waals surface area contributed by atoms with Crippen LogP contribution in [0, 0.1) is 18.7 Å². The van der Waals surface area contributed by atoms with Gasteiger partial charge in [-0.1, -0.05) is 0 Å². The number of halogens is 1. The van der Waals surface area contributed by atoms with Crippen LogP contribution in [0.25, 0.3) is 10.9 Å². The molecule has 1 aliphatic rings. The summed E-state index contributed by atoms with van der Waals surface area (Å²) in [7, 11) is 0. The molecule has 1 aromatic heterocycles. The Labute approximate surface area is 140 Å². The quantitative estimate of drug-likeness (QED) is 0.905. The predicted molar refractivity (Wildman–Crippen MR) is 89.8 cm³/mol. The van der Waals surface area contributed by atoms with E-state index < -0.39 is 0 Å². The van der Waals surface area contributed by atoms with E-state index >= 15 is 0 Å².